The van der Waals surface area contributed by atoms with E-state index in [0.29, 0.717) is 5.54 Å². The Morgan fingerprint density at radius 1 is 1.25 bits per heavy atom. The van der Waals surface area contributed by atoms with Crippen molar-refractivity contribution in [2.45, 2.75) is 51.1 Å². The lowest BCUT2D eigenvalue weighted by Crippen LogP contribution is -2.62. The molecule has 2 heterocycles. The molecular formula is C13H26N2O. The third kappa shape index (κ3) is 2.58. The quantitative estimate of drug-likeness (QED) is 0.791. The van der Waals surface area contributed by atoms with E-state index in [-0.39, 0.29) is 0 Å². The van der Waals surface area contributed by atoms with Gasteiger partial charge in [0, 0.05) is 44.4 Å². The summed E-state index contributed by atoms with van der Waals surface area (Å²) in [6, 6.07) is 0.772. The van der Waals surface area contributed by atoms with Crippen LogP contribution in [0.4, 0.5) is 0 Å². The van der Waals surface area contributed by atoms with Crippen LogP contribution in [-0.4, -0.2) is 49.3 Å². The van der Waals surface area contributed by atoms with Crippen molar-refractivity contribution in [1.82, 2.24) is 10.2 Å². The van der Waals surface area contributed by atoms with E-state index >= 15 is 0 Å². The first-order chi connectivity index (χ1) is 7.79. The molecule has 0 aromatic rings. The number of rotatable bonds is 3. The van der Waals surface area contributed by atoms with Crippen LogP contribution >= 0.6 is 0 Å². The Hall–Kier alpha value is -0.120. The second kappa shape index (κ2) is 5.48. The van der Waals surface area contributed by atoms with Gasteiger partial charge in [0.1, 0.15) is 0 Å². The van der Waals surface area contributed by atoms with E-state index < -0.39 is 0 Å². The van der Waals surface area contributed by atoms with Gasteiger partial charge in [-0.25, -0.2) is 0 Å². The molecular weight excluding hydrogens is 200 g/mol. The van der Waals surface area contributed by atoms with E-state index in [0.717, 1.165) is 25.8 Å². The van der Waals surface area contributed by atoms with Gasteiger partial charge in [-0.05, 0) is 25.7 Å². The lowest BCUT2D eigenvalue weighted by molar-refractivity contribution is 0.00826. The zero-order chi connectivity index (χ0) is 11.4. The second-order valence-corrected chi connectivity index (χ2v) is 5.23. The highest BCUT2D eigenvalue weighted by Crippen LogP contribution is 2.24. The fraction of sp³-hybridized carbons (Fsp3) is 1.00. The standard InChI is InChI=1S/C13H26N2O/c1-3-13(4-2)11-15(8-7-14-13)12-5-9-16-10-6-12/h12,14H,3-11H2,1-2H3. The van der Waals surface area contributed by atoms with Crippen LogP contribution in [0.1, 0.15) is 39.5 Å². The highest BCUT2D eigenvalue weighted by molar-refractivity contribution is 4.94. The summed E-state index contributed by atoms with van der Waals surface area (Å²) in [6.45, 7) is 10.1. The fourth-order valence-corrected chi connectivity index (χ4v) is 3.07. The summed E-state index contributed by atoms with van der Waals surface area (Å²) in [5.74, 6) is 0. The normalized spacial score (nSPS) is 28.1. The Labute approximate surface area is 99.5 Å². The van der Waals surface area contributed by atoms with Crippen molar-refractivity contribution in [1.29, 1.82) is 0 Å². The van der Waals surface area contributed by atoms with E-state index in [2.05, 4.69) is 24.1 Å². The number of hydrogen-bond acceptors (Lipinski definition) is 3. The predicted molar refractivity (Wildman–Crippen MR) is 66.7 cm³/mol. The molecule has 0 radical (unpaired) electrons. The molecule has 1 N–H and O–H groups in total. The summed E-state index contributed by atoms with van der Waals surface area (Å²) < 4.78 is 5.45. The smallest absolute Gasteiger partial charge is 0.0480 e. The molecule has 3 heteroatoms. The van der Waals surface area contributed by atoms with Crippen LogP contribution in [0.5, 0.6) is 0 Å². The maximum absolute atomic E-state index is 5.45. The van der Waals surface area contributed by atoms with Crippen molar-refractivity contribution >= 4 is 0 Å². The van der Waals surface area contributed by atoms with Crippen LogP contribution in [0.2, 0.25) is 0 Å². The van der Waals surface area contributed by atoms with Gasteiger partial charge in [0.05, 0.1) is 0 Å². The number of hydrogen-bond donors (Lipinski definition) is 1. The molecule has 0 unspecified atom stereocenters. The molecule has 2 fully saturated rings. The van der Waals surface area contributed by atoms with Gasteiger partial charge in [0.15, 0.2) is 0 Å². The summed E-state index contributed by atoms with van der Waals surface area (Å²) in [6.07, 6.45) is 4.93. The fourth-order valence-electron chi connectivity index (χ4n) is 3.07. The third-order valence-electron chi connectivity index (χ3n) is 4.47. The first-order valence-corrected chi connectivity index (χ1v) is 6.86. The highest BCUT2D eigenvalue weighted by Gasteiger charge is 2.34. The largest absolute Gasteiger partial charge is 0.381 e. The Morgan fingerprint density at radius 3 is 2.56 bits per heavy atom. The Morgan fingerprint density at radius 2 is 1.94 bits per heavy atom. The lowest BCUT2D eigenvalue weighted by atomic mass is 9.89. The molecule has 0 atom stereocenters. The molecule has 0 bridgehead atoms. The zero-order valence-corrected chi connectivity index (χ0v) is 10.8. The van der Waals surface area contributed by atoms with Crippen LogP contribution in [0.25, 0.3) is 0 Å². The maximum Gasteiger partial charge on any atom is 0.0480 e. The molecule has 0 spiro atoms. The summed E-state index contributed by atoms with van der Waals surface area (Å²) in [5.41, 5.74) is 0.372. The van der Waals surface area contributed by atoms with E-state index in [4.69, 9.17) is 4.74 Å². The third-order valence-corrected chi connectivity index (χ3v) is 4.47. The van der Waals surface area contributed by atoms with Crippen LogP contribution in [0.15, 0.2) is 0 Å². The summed E-state index contributed by atoms with van der Waals surface area (Å²) in [7, 11) is 0. The summed E-state index contributed by atoms with van der Waals surface area (Å²) in [4.78, 5) is 2.70. The van der Waals surface area contributed by atoms with Crippen LogP contribution in [0, 0.1) is 0 Å². The van der Waals surface area contributed by atoms with Gasteiger partial charge < -0.3 is 10.1 Å². The minimum absolute atomic E-state index is 0.372. The van der Waals surface area contributed by atoms with Gasteiger partial charge in [-0.3, -0.25) is 4.90 Å². The van der Waals surface area contributed by atoms with Gasteiger partial charge in [-0.15, -0.1) is 0 Å². The molecule has 0 aromatic carbocycles. The molecule has 3 nitrogen and oxygen atoms in total. The number of piperazine rings is 1. The Bertz CT molecular complexity index is 210. The maximum atomic E-state index is 5.45. The van der Waals surface area contributed by atoms with Gasteiger partial charge >= 0.3 is 0 Å². The molecule has 16 heavy (non-hydrogen) atoms. The molecule has 2 rings (SSSR count). The average Bonchev–Trinajstić information content (AvgIpc) is 2.40. The molecule has 0 amide bonds. The summed E-state index contributed by atoms with van der Waals surface area (Å²) >= 11 is 0. The zero-order valence-electron chi connectivity index (χ0n) is 10.8. The predicted octanol–water partition coefficient (Wildman–Crippen LogP) is 1.63. The number of nitrogens with zero attached hydrogens (tertiary/aromatic N) is 1. The van der Waals surface area contributed by atoms with Gasteiger partial charge in [0.2, 0.25) is 0 Å². The number of nitrogens with one attached hydrogen (secondary N) is 1. The summed E-state index contributed by atoms with van der Waals surface area (Å²) in [5, 5.41) is 3.73. The van der Waals surface area contributed by atoms with E-state index in [9.17, 15) is 0 Å². The lowest BCUT2D eigenvalue weighted by Gasteiger charge is -2.47. The first kappa shape index (κ1) is 12.3. The molecule has 2 aliphatic rings. The minimum Gasteiger partial charge on any atom is -0.381 e. The molecule has 2 aliphatic heterocycles. The Balaban J connectivity index is 1.94. The van der Waals surface area contributed by atoms with Crippen molar-refractivity contribution in [3.05, 3.63) is 0 Å². The van der Waals surface area contributed by atoms with Crippen LogP contribution in [0.3, 0.4) is 0 Å². The minimum atomic E-state index is 0.372. The molecule has 0 aromatic heterocycles. The average molecular weight is 226 g/mol. The molecule has 0 aliphatic carbocycles. The van der Waals surface area contributed by atoms with Crippen molar-refractivity contribution in [3.8, 4) is 0 Å². The first-order valence-electron chi connectivity index (χ1n) is 6.86. The SMILES string of the molecule is CCC1(CC)CN(C2CCOCC2)CCN1. The Kier molecular flexibility index (Phi) is 4.22. The van der Waals surface area contributed by atoms with E-state index in [1.54, 1.807) is 0 Å². The number of ether oxygens (including phenoxy) is 1. The van der Waals surface area contributed by atoms with Crippen molar-refractivity contribution in [3.63, 3.8) is 0 Å². The van der Waals surface area contributed by atoms with Gasteiger partial charge in [-0.2, -0.15) is 0 Å². The monoisotopic (exact) mass is 226 g/mol. The van der Waals surface area contributed by atoms with Crippen LogP contribution in [-0.2, 0) is 4.74 Å². The van der Waals surface area contributed by atoms with Gasteiger partial charge in [-0.1, -0.05) is 13.8 Å². The molecule has 2 saturated heterocycles. The van der Waals surface area contributed by atoms with Crippen LogP contribution < -0.4 is 5.32 Å². The molecule has 94 valence electrons. The van der Waals surface area contributed by atoms with Crippen molar-refractivity contribution < 1.29 is 4.74 Å². The van der Waals surface area contributed by atoms with E-state index in [1.165, 1.54) is 38.8 Å². The van der Waals surface area contributed by atoms with Crippen molar-refractivity contribution in [2.75, 3.05) is 32.8 Å². The second-order valence-electron chi connectivity index (χ2n) is 5.23. The molecule has 0 saturated carbocycles. The van der Waals surface area contributed by atoms with E-state index in [1.807, 2.05) is 0 Å². The van der Waals surface area contributed by atoms with Crippen molar-refractivity contribution in [2.24, 2.45) is 0 Å². The highest BCUT2D eigenvalue weighted by atomic mass is 16.5. The van der Waals surface area contributed by atoms with Gasteiger partial charge in [0.25, 0.3) is 0 Å². The topological polar surface area (TPSA) is 24.5 Å².